The van der Waals surface area contributed by atoms with Crippen LogP contribution in [0.4, 0.5) is 5.69 Å². The molecule has 0 amide bonds. The molecule has 0 bridgehead atoms. The van der Waals surface area contributed by atoms with Crippen molar-refractivity contribution >= 4 is 33.1 Å². The third kappa shape index (κ3) is 3.81. The fourth-order valence-corrected chi connectivity index (χ4v) is 5.75. The molecule has 4 rings (SSSR count). The topological polar surface area (TPSA) is 107 Å². The number of carbonyl (C=O) groups excluding carboxylic acids is 1. The Kier molecular flexibility index (Phi) is 5.31. The summed E-state index contributed by atoms with van der Waals surface area (Å²) in [5.41, 5.74) is 1.40. The van der Waals surface area contributed by atoms with Gasteiger partial charge in [-0.05, 0) is 49.2 Å². The molecule has 0 aliphatic carbocycles. The summed E-state index contributed by atoms with van der Waals surface area (Å²) in [6.45, 7) is 4.18. The van der Waals surface area contributed by atoms with E-state index in [2.05, 4.69) is 0 Å². The maximum atomic E-state index is 13.0. The second-order valence-electron chi connectivity index (χ2n) is 8.09. The van der Waals surface area contributed by atoms with E-state index >= 15 is 0 Å². The molecular weight excluding hydrogens is 444 g/mol. The Morgan fingerprint density at radius 2 is 1.77 bits per heavy atom. The summed E-state index contributed by atoms with van der Waals surface area (Å²) in [6, 6.07) is 7.15. The summed E-state index contributed by atoms with van der Waals surface area (Å²) in [7, 11) is -3.95. The highest BCUT2D eigenvalue weighted by molar-refractivity contribution is 7.89. The number of hydrogen-bond acceptors (Lipinski definition) is 6. The molecule has 2 aliphatic heterocycles. The lowest BCUT2D eigenvalue weighted by atomic mass is 9.82. The average molecular weight is 465 g/mol. The molecule has 0 atom stereocenters. The van der Waals surface area contributed by atoms with Gasteiger partial charge in [-0.3, -0.25) is 14.9 Å². The van der Waals surface area contributed by atoms with Crippen LogP contribution < -0.4 is 4.74 Å². The van der Waals surface area contributed by atoms with Crippen molar-refractivity contribution in [1.82, 2.24) is 4.31 Å². The third-order valence-corrected chi connectivity index (χ3v) is 8.31. The van der Waals surface area contributed by atoms with Crippen LogP contribution in [0.3, 0.4) is 0 Å². The minimum Gasteiger partial charge on any atom is -0.486 e. The predicted octanol–water partition coefficient (Wildman–Crippen LogP) is 4.05. The van der Waals surface area contributed by atoms with Gasteiger partial charge >= 0.3 is 0 Å². The predicted molar refractivity (Wildman–Crippen MR) is 114 cm³/mol. The van der Waals surface area contributed by atoms with E-state index in [-0.39, 0.29) is 35.2 Å². The largest absolute Gasteiger partial charge is 0.486 e. The zero-order valence-corrected chi connectivity index (χ0v) is 18.6. The lowest BCUT2D eigenvalue weighted by Crippen LogP contribution is -2.52. The smallest absolute Gasteiger partial charge is 0.289 e. The number of ketones is 1. The van der Waals surface area contributed by atoms with Crippen LogP contribution >= 0.6 is 11.6 Å². The van der Waals surface area contributed by atoms with Crippen molar-refractivity contribution in [3.8, 4) is 5.75 Å². The van der Waals surface area contributed by atoms with E-state index in [0.717, 1.165) is 17.2 Å². The summed E-state index contributed by atoms with van der Waals surface area (Å²) >= 11 is 5.80. The Labute approximate surface area is 185 Å². The lowest BCUT2D eigenvalue weighted by Gasteiger charge is -2.43. The Morgan fingerprint density at radius 1 is 1.13 bits per heavy atom. The van der Waals surface area contributed by atoms with Crippen molar-refractivity contribution in [1.29, 1.82) is 0 Å². The highest BCUT2D eigenvalue weighted by atomic mass is 35.5. The van der Waals surface area contributed by atoms with E-state index in [1.807, 2.05) is 26.0 Å². The summed E-state index contributed by atoms with van der Waals surface area (Å²) in [5, 5.41) is 11.0. The summed E-state index contributed by atoms with van der Waals surface area (Å²) in [4.78, 5) is 23.0. The van der Waals surface area contributed by atoms with Crippen LogP contribution in [-0.2, 0) is 10.0 Å². The number of carbonyl (C=O) groups is 1. The number of benzene rings is 2. The van der Waals surface area contributed by atoms with Crippen LogP contribution in [0.2, 0.25) is 5.02 Å². The van der Waals surface area contributed by atoms with Gasteiger partial charge in [0.25, 0.3) is 5.69 Å². The standard InChI is InChI=1S/C21H21ClN2O6S/c1-13-9-16-19(25)12-21(30-20(16)10-14(13)2)5-7-23(8-6-21)31(28,29)15-3-4-17(22)18(11-15)24(26)27/h3-4,9-11H,5-8,12H2,1-2H3. The first kappa shape index (κ1) is 21.7. The molecule has 10 heteroatoms. The van der Waals surface area contributed by atoms with Crippen molar-refractivity contribution < 1.29 is 22.9 Å². The van der Waals surface area contributed by atoms with E-state index in [9.17, 15) is 23.3 Å². The maximum Gasteiger partial charge on any atom is 0.289 e. The molecule has 164 valence electrons. The van der Waals surface area contributed by atoms with Crippen LogP contribution in [0.25, 0.3) is 0 Å². The summed E-state index contributed by atoms with van der Waals surface area (Å²) in [6.07, 6.45) is 0.892. The molecule has 0 saturated carbocycles. The SMILES string of the molecule is Cc1cc2c(cc1C)C(=O)CC1(CCN(S(=O)(=O)c3ccc(Cl)c([N+](=O)[O-])c3)CC1)O2. The number of aryl methyl sites for hydroxylation is 2. The normalized spacial score (nSPS) is 18.5. The molecule has 2 heterocycles. The van der Waals surface area contributed by atoms with E-state index in [1.54, 1.807) is 0 Å². The van der Waals surface area contributed by atoms with E-state index in [1.165, 1.54) is 16.4 Å². The number of piperidine rings is 1. The zero-order chi connectivity index (χ0) is 22.6. The molecule has 31 heavy (non-hydrogen) atoms. The summed E-state index contributed by atoms with van der Waals surface area (Å²) < 4.78 is 33.6. The number of nitro benzene ring substituents is 1. The lowest BCUT2D eigenvalue weighted by molar-refractivity contribution is -0.384. The third-order valence-electron chi connectivity index (χ3n) is 6.09. The van der Waals surface area contributed by atoms with Gasteiger partial charge in [0.05, 0.1) is 21.8 Å². The van der Waals surface area contributed by atoms with Crippen molar-refractivity contribution in [3.05, 3.63) is 62.2 Å². The number of halogens is 1. The minimum absolute atomic E-state index is 0.00557. The molecule has 0 unspecified atom stereocenters. The molecule has 0 N–H and O–H groups in total. The molecule has 0 aromatic heterocycles. The number of fused-ring (bicyclic) bond motifs is 1. The molecule has 2 aromatic rings. The van der Waals surface area contributed by atoms with Crippen molar-refractivity contribution in [3.63, 3.8) is 0 Å². The number of rotatable bonds is 3. The van der Waals surface area contributed by atoms with Crippen LogP contribution in [0.15, 0.2) is 35.2 Å². The number of ether oxygens (including phenoxy) is 1. The van der Waals surface area contributed by atoms with Gasteiger partial charge in [-0.1, -0.05) is 11.6 Å². The molecular formula is C21H21ClN2O6S. The van der Waals surface area contributed by atoms with Gasteiger partial charge in [0.2, 0.25) is 10.0 Å². The average Bonchev–Trinajstić information content (AvgIpc) is 2.70. The number of hydrogen-bond donors (Lipinski definition) is 0. The number of Topliss-reactive ketones (excluding diaryl/α,β-unsaturated/α-hetero) is 1. The highest BCUT2D eigenvalue weighted by Crippen LogP contribution is 2.41. The van der Waals surface area contributed by atoms with Gasteiger partial charge in [0, 0.05) is 32.0 Å². The fraction of sp³-hybridized carbons (Fsp3) is 0.381. The van der Waals surface area contributed by atoms with Gasteiger partial charge in [0.15, 0.2) is 5.78 Å². The fourth-order valence-electron chi connectivity index (χ4n) is 4.10. The van der Waals surface area contributed by atoms with E-state index in [4.69, 9.17) is 16.3 Å². The maximum absolute atomic E-state index is 13.0. The molecule has 1 spiro atoms. The van der Waals surface area contributed by atoms with Gasteiger partial charge in [0.1, 0.15) is 16.4 Å². The Bertz CT molecular complexity index is 1200. The van der Waals surface area contributed by atoms with Crippen LogP contribution in [0, 0.1) is 24.0 Å². The molecule has 1 saturated heterocycles. The Balaban J connectivity index is 1.56. The van der Waals surface area contributed by atoms with Crippen LogP contribution in [0.5, 0.6) is 5.75 Å². The molecule has 2 aliphatic rings. The second kappa shape index (κ2) is 7.58. The number of sulfonamides is 1. The monoisotopic (exact) mass is 464 g/mol. The quantitative estimate of drug-likeness (QED) is 0.501. The first-order chi connectivity index (χ1) is 14.5. The highest BCUT2D eigenvalue weighted by Gasteiger charge is 2.45. The zero-order valence-electron chi connectivity index (χ0n) is 17.1. The Hall–Kier alpha value is -2.49. The Morgan fingerprint density at radius 3 is 2.42 bits per heavy atom. The first-order valence-electron chi connectivity index (χ1n) is 9.80. The van der Waals surface area contributed by atoms with Crippen LogP contribution in [0.1, 0.15) is 40.7 Å². The molecule has 0 radical (unpaired) electrons. The van der Waals surface area contributed by atoms with Crippen molar-refractivity contribution in [2.24, 2.45) is 0 Å². The van der Waals surface area contributed by atoms with Gasteiger partial charge in [-0.25, -0.2) is 8.42 Å². The molecule has 8 nitrogen and oxygen atoms in total. The van der Waals surface area contributed by atoms with Crippen LogP contribution in [-0.4, -0.2) is 42.1 Å². The molecule has 1 fully saturated rings. The van der Waals surface area contributed by atoms with Gasteiger partial charge in [-0.15, -0.1) is 0 Å². The first-order valence-corrected chi connectivity index (χ1v) is 11.6. The molecule has 2 aromatic carbocycles. The van der Waals surface area contributed by atoms with Crippen molar-refractivity contribution in [2.45, 2.75) is 43.6 Å². The number of nitro groups is 1. The van der Waals surface area contributed by atoms with Crippen molar-refractivity contribution in [2.75, 3.05) is 13.1 Å². The van der Waals surface area contributed by atoms with E-state index in [0.29, 0.717) is 24.2 Å². The summed E-state index contributed by atoms with van der Waals surface area (Å²) in [5.74, 6) is 0.540. The van der Waals surface area contributed by atoms with Gasteiger partial charge < -0.3 is 4.74 Å². The second-order valence-corrected chi connectivity index (χ2v) is 10.4. The minimum atomic E-state index is -3.95. The number of nitrogens with zero attached hydrogens (tertiary/aromatic N) is 2. The van der Waals surface area contributed by atoms with E-state index < -0.39 is 26.2 Å². The van der Waals surface area contributed by atoms with Gasteiger partial charge in [-0.2, -0.15) is 4.31 Å².